The SMILES string of the molecule is CC(C)(C)C(O)C(C(=O)OC1CCCCC1)[Si](C)(C)C(C)(C)C. The highest BCUT2D eigenvalue weighted by molar-refractivity contribution is 6.84. The minimum Gasteiger partial charge on any atom is -0.462 e. The Morgan fingerprint density at radius 3 is 1.91 bits per heavy atom. The number of esters is 1. The lowest BCUT2D eigenvalue weighted by molar-refractivity contribution is -0.154. The molecule has 0 heterocycles. The highest BCUT2D eigenvalue weighted by Gasteiger charge is 2.52. The predicted octanol–water partition coefficient (Wildman–Crippen LogP) is 5.15. The maximum Gasteiger partial charge on any atom is 0.309 e. The van der Waals surface area contributed by atoms with E-state index in [0.717, 1.165) is 25.7 Å². The number of carbonyl (C=O) groups excluding carboxylic acids is 1. The molecular formula is C19H38O3Si. The van der Waals surface area contributed by atoms with Crippen LogP contribution in [0.2, 0.25) is 23.7 Å². The van der Waals surface area contributed by atoms with E-state index in [9.17, 15) is 9.90 Å². The van der Waals surface area contributed by atoms with Gasteiger partial charge in [0.15, 0.2) is 0 Å². The van der Waals surface area contributed by atoms with E-state index in [1.54, 1.807) is 0 Å². The normalized spacial score (nSPS) is 20.9. The summed E-state index contributed by atoms with van der Waals surface area (Å²) < 4.78 is 5.89. The topological polar surface area (TPSA) is 46.5 Å². The number of aliphatic hydroxyl groups is 1. The van der Waals surface area contributed by atoms with Gasteiger partial charge in [-0.2, -0.15) is 0 Å². The summed E-state index contributed by atoms with van der Waals surface area (Å²) in [5, 5.41) is 11.0. The molecule has 0 aromatic rings. The zero-order valence-electron chi connectivity index (χ0n) is 16.5. The van der Waals surface area contributed by atoms with Crippen LogP contribution in [-0.4, -0.2) is 31.4 Å². The lowest BCUT2D eigenvalue weighted by atomic mass is 9.87. The lowest BCUT2D eigenvalue weighted by Gasteiger charge is -2.46. The van der Waals surface area contributed by atoms with Crippen LogP contribution in [0.15, 0.2) is 0 Å². The fraction of sp³-hybridized carbons (Fsp3) is 0.947. The highest BCUT2D eigenvalue weighted by atomic mass is 28.3. The molecule has 1 N–H and O–H groups in total. The number of ether oxygens (including phenoxy) is 1. The molecule has 4 heteroatoms. The Morgan fingerprint density at radius 2 is 1.52 bits per heavy atom. The van der Waals surface area contributed by atoms with Crippen LogP contribution < -0.4 is 0 Å². The Hall–Kier alpha value is -0.353. The first-order valence-electron chi connectivity index (χ1n) is 9.17. The fourth-order valence-corrected chi connectivity index (χ4v) is 6.08. The van der Waals surface area contributed by atoms with Gasteiger partial charge >= 0.3 is 5.97 Å². The molecule has 1 fully saturated rings. The molecule has 2 unspecified atom stereocenters. The maximum absolute atomic E-state index is 13.0. The Balaban J connectivity index is 3.05. The summed E-state index contributed by atoms with van der Waals surface area (Å²) in [5.41, 5.74) is -0.712. The average Bonchev–Trinajstić information content (AvgIpc) is 2.37. The van der Waals surface area contributed by atoms with Crippen LogP contribution in [0, 0.1) is 5.41 Å². The third-order valence-corrected chi connectivity index (χ3v) is 12.0. The van der Waals surface area contributed by atoms with E-state index in [-0.39, 0.29) is 28.1 Å². The van der Waals surface area contributed by atoms with Crippen LogP contribution in [0.1, 0.15) is 73.6 Å². The molecule has 0 saturated heterocycles. The largest absolute Gasteiger partial charge is 0.462 e. The van der Waals surface area contributed by atoms with Crippen LogP contribution in [0.4, 0.5) is 0 Å². The van der Waals surface area contributed by atoms with Crippen LogP contribution in [-0.2, 0) is 9.53 Å². The van der Waals surface area contributed by atoms with Crippen LogP contribution in [0.3, 0.4) is 0 Å². The van der Waals surface area contributed by atoms with Crippen molar-refractivity contribution in [3.8, 4) is 0 Å². The smallest absolute Gasteiger partial charge is 0.309 e. The van der Waals surface area contributed by atoms with Gasteiger partial charge in [0.2, 0.25) is 0 Å². The standard InChI is InChI=1S/C19H38O3Si/c1-18(2,3)16(20)15(23(7,8)19(4,5)6)17(21)22-14-12-10-9-11-13-14/h14-16,20H,9-13H2,1-8H3. The molecule has 23 heavy (non-hydrogen) atoms. The number of rotatable bonds is 4. The molecule has 136 valence electrons. The second-order valence-electron chi connectivity index (χ2n) is 9.96. The van der Waals surface area contributed by atoms with E-state index in [4.69, 9.17) is 4.74 Å². The molecule has 0 radical (unpaired) electrons. The molecule has 1 aliphatic carbocycles. The number of carbonyl (C=O) groups is 1. The van der Waals surface area contributed by atoms with Gasteiger partial charge in [0.05, 0.1) is 19.7 Å². The molecular weight excluding hydrogens is 304 g/mol. The van der Waals surface area contributed by atoms with Gasteiger partial charge in [0.25, 0.3) is 0 Å². The van der Waals surface area contributed by atoms with Gasteiger partial charge in [-0.25, -0.2) is 0 Å². The summed E-state index contributed by atoms with van der Waals surface area (Å²) in [7, 11) is -2.08. The number of hydrogen-bond donors (Lipinski definition) is 1. The minimum atomic E-state index is -2.08. The number of hydrogen-bond acceptors (Lipinski definition) is 3. The molecule has 0 aliphatic heterocycles. The summed E-state index contributed by atoms with van der Waals surface area (Å²) in [6.45, 7) is 17.0. The van der Waals surface area contributed by atoms with E-state index in [1.165, 1.54) is 6.42 Å². The van der Waals surface area contributed by atoms with Crippen molar-refractivity contribution in [3.63, 3.8) is 0 Å². The Kier molecular flexibility index (Phi) is 6.53. The van der Waals surface area contributed by atoms with Crippen LogP contribution >= 0.6 is 0 Å². The van der Waals surface area contributed by atoms with Crippen molar-refractivity contribution < 1.29 is 14.6 Å². The van der Waals surface area contributed by atoms with Gasteiger partial charge in [0.1, 0.15) is 6.10 Å². The monoisotopic (exact) mass is 342 g/mol. The second-order valence-corrected chi connectivity index (χ2v) is 15.5. The molecule has 1 aliphatic rings. The summed E-state index contributed by atoms with van der Waals surface area (Å²) in [5.74, 6) is -0.161. The fourth-order valence-electron chi connectivity index (χ4n) is 3.21. The Labute approximate surface area is 144 Å². The van der Waals surface area contributed by atoms with E-state index >= 15 is 0 Å². The Morgan fingerprint density at radius 1 is 1.04 bits per heavy atom. The first-order chi connectivity index (χ1) is 10.3. The van der Waals surface area contributed by atoms with Crippen molar-refractivity contribution in [1.82, 2.24) is 0 Å². The van der Waals surface area contributed by atoms with Gasteiger partial charge in [-0.1, -0.05) is 61.1 Å². The third-order valence-electron chi connectivity index (χ3n) is 6.00. The summed E-state index contributed by atoms with van der Waals surface area (Å²) in [4.78, 5) is 13.0. The second kappa shape index (κ2) is 7.26. The molecule has 1 saturated carbocycles. The average molecular weight is 343 g/mol. The molecule has 2 atom stereocenters. The van der Waals surface area contributed by atoms with Crippen molar-refractivity contribution in [1.29, 1.82) is 0 Å². The van der Waals surface area contributed by atoms with Crippen LogP contribution in [0.25, 0.3) is 0 Å². The van der Waals surface area contributed by atoms with Crippen LogP contribution in [0.5, 0.6) is 0 Å². The first-order valence-corrected chi connectivity index (χ1v) is 12.2. The molecule has 0 aromatic carbocycles. The van der Waals surface area contributed by atoms with E-state index in [2.05, 4.69) is 33.9 Å². The quantitative estimate of drug-likeness (QED) is 0.568. The lowest BCUT2D eigenvalue weighted by Crippen LogP contribution is -2.53. The molecule has 1 rings (SSSR count). The van der Waals surface area contributed by atoms with Gasteiger partial charge in [-0.15, -0.1) is 0 Å². The predicted molar refractivity (Wildman–Crippen MR) is 99.4 cm³/mol. The maximum atomic E-state index is 13.0. The highest BCUT2D eigenvalue weighted by Crippen LogP contribution is 2.48. The van der Waals surface area contributed by atoms with E-state index in [0.29, 0.717) is 0 Å². The summed E-state index contributed by atoms with van der Waals surface area (Å²) in [6, 6.07) is 0. The van der Waals surface area contributed by atoms with Crippen molar-refractivity contribution in [2.45, 2.75) is 110 Å². The van der Waals surface area contributed by atoms with Crippen molar-refractivity contribution in [2.75, 3.05) is 0 Å². The molecule has 0 bridgehead atoms. The molecule has 3 nitrogen and oxygen atoms in total. The third kappa shape index (κ3) is 5.06. The molecule has 0 aromatic heterocycles. The van der Waals surface area contributed by atoms with Gasteiger partial charge < -0.3 is 9.84 Å². The summed E-state index contributed by atoms with van der Waals surface area (Å²) in [6.07, 6.45) is 4.86. The van der Waals surface area contributed by atoms with E-state index in [1.807, 2.05) is 20.8 Å². The minimum absolute atomic E-state index is 0.0233. The first kappa shape index (κ1) is 20.7. The van der Waals surface area contributed by atoms with Crippen molar-refractivity contribution in [3.05, 3.63) is 0 Å². The Bertz CT molecular complexity index is 398. The van der Waals surface area contributed by atoms with E-state index < -0.39 is 14.2 Å². The number of aliphatic hydroxyl groups excluding tert-OH is 1. The molecule has 0 amide bonds. The van der Waals surface area contributed by atoms with Gasteiger partial charge in [-0.3, -0.25) is 4.79 Å². The van der Waals surface area contributed by atoms with Crippen molar-refractivity contribution >= 4 is 14.0 Å². The zero-order chi connectivity index (χ0) is 18.1. The summed E-state index contributed by atoms with van der Waals surface area (Å²) >= 11 is 0. The van der Waals surface area contributed by atoms with Gasteiger partial charge in [-0.05, 0) is 36.1 Å². The van der Waals surface area contributed by atoms with Gasteiger partial charge in [0, 0.05) is 0 Å². The van der Waals surface area contributed by atoms with Crippen molar-refractivity contribution in [2.24, 2.45) is 5.41 Å². The molecule has 0 spiro atoms. The zero-order valence-corrected chi connectivity index (χ0v) is 17.5.